The lowest BCUT2D eigenvalue weighted by molar-refractivity contribution is 0.629. The molecule has 5 aromatic rings. The average Bonchev–Trinajstić information content (AvgIpc) is 3.32. The number of aromatic nitrogens is 4. The molecule has 0 aliphatic heterocycles. The molecular formula is C27H27N5. The summed E-state index contributed by atoms with van der Waals surface area (Å²) in [5, 5.41) is 3.67. The molecular weight excluding hydrogens is 394 g/mol. The summed E-state index contributed by atoms with van der Waals surface area (Å²) in [5.74, 6) is 1.84. The van der Waals surface area contributed by atoms with Gasteiger partial charge in [-0.1, -0.05) is 66.7 Å². The highest BCUT2D eigenvalue weighted by atomic mass is 15.3. The van der Waals surface area contributed by atoms with Crippen molar-refractivity contribution in [2.45, 2.75) is 32.9 Å². The third kappa shape index (κ3) is 3.89. The minimum Gasteiger partial charge on any atom is -0.365 e. The van der Waals surface area contributed by atoms with Crippen LogP contribution < -0.4 is 5.32 Å². The highest BCUT2D eigenvalue weighted by Crippen LogP contribution is 2.33. The third-order valence-corrected chi connectivity index (χ3v) is 5.33. The molecule has 0 radical (unpaired) electrons. The minimum absolute atomic E-state index is 0.131. The van der Waals surface area contributed by atoms with E-state index in [0.29, 0.717) is 0 Å². The van der Waals surface area contributed by atoms with Crippen LogP contribution in [-0.4, -0.2) is 24.5 Å². The van der Waals surface area contributed by atoms with Gasteiger partial charge < -0.3 is 9.88 Å². The van der Waals surface area contributed by atoms with E-state index in [1.165, 1.54) is 5.56 Å². The van der Waals surface area contributed by atoms with E-state index in [9.17, 15) is 0 Å². The van der Waals surface area contributed by atoms with Gasteiger partial charge in [-0.3, -0.25) is 9.38 Å². The van der Waals surface area contributed by atoms with E-state index in [1.54, 1.807) is 0 Å². The number of nitrogens with one attached hydrogen (secondary N) is 1. The van der Waals surface area contributed by atoms with Crippen LogP contribution in [0.25, 0.3) is 28.4 Å². The second kappa shape index (κ2) is 8.00. The molecule has 0 unspecified atom stereocenters. The predicted molar refractivity (Wildman–Crippen MR) is 131 cm³/mol. The highest BCUT2D eigenvalue weighted by Gasteiger charge is 2.24. The Balaban J connectivity index is 1.76. The largest absolute Gasteiger partial charge is 0.365 e. The van der Waals surface area contributed by atoms with Gasteiger partial charge in [0, 0.05) is 17.9 Å². The van der Waals surface area contributed by atoms with Crippen molar-refractivity contribution in [2.24, 2.45) is 0 Å². The third-order valence-electron chi connectivity index (χ3n) is 5.33. The number of hydrogen-bond donors (Lipinski definition) is 1. The van der Waals surface area contributed by atoms with E-state index < -0.39 is 0 Å². The first-order valence-electron chi connectivity index (χ1n) is 10.9. The van der Waals surface area contributed by atoms with E-state index in [1.807, 2.05) is 36.5 Å². The number of nitrogens with zero attached hydrogens (tertiary/aromatic N) is 4. The number of hydrogen-bond acceptors (Lipinski definition) is 3. The quantitative estimate of drug-likeness (QED) is 0.372. The van der Waals surface area contributed by atoms with Crippen molar-refractivity contribution in [3.63, 3.8) is 0 Å². The van der Waals surface area contributed by atoms with Gasteiger partial charge in [0.05, 0.1) is 17.9 Å². The standard InChI is InChI=1S/C27H27N5/c1-27(2,3)30-25-24(22-16-10-11-17-28-22)29-26-31(18-20-12-6-4-7-13-20)23(19-32(25)26)21-14-8-5-9-15-21/h4-17,19,30H,18H2,1-3H3. The van der Waals surface area contributed by atoms with Crippen LogP contribution >= 0.6 is 0 Å². The Labute approximate surface area is 188 Å². The first-order chi connectivity index (χ1) is 15.5. The smallest absolute Gasteiger partial charge is 0.217 e. The molecule has 0 saturated carbocycles. The molecule has 5 heteroatoms. The summed E-state index contributed by atoms with van der Waals surface area (Å²) in [6, 6.07) is 26.9. The van der Waals surface area contributed by atoms with E-state index in [2.05, 4.69) is 94.8 Å². The second-order valence-corrected chi connectivity index (χ2v) is 9.02. The lowest BCUT2D eigenvalue weighted by atomic mass is 10.1. The van der Waals surface area contributed by atoms with Crippen molar-refractivity contribution in [1.82, 2.24) is 18.9 Å². The normalized spacial score (nSPS) is 11.7. The van der Waals surface area contributed by atoms with Gasteiger partial charge in [0.2, 0.25) is 5.78 Å². The first kappa shape index (κ1) is 20.1. The lowest BCUT2D eigenvalue weighted by Crippen LogP contribution is -2.27. The van der Waals surface area contributed by atoms with Crippen LogP contribution in [0.4, 0.5) is 5.82 Å². The van der Waals surface area contributed by atoms with Crippen LogP contribution in [-0.2, 0) is 6.54 Å². The summed E-state index contributed by atoms with van der Waals surface area (Å²) >= 11 is 0. The molecule has 1 N–H and O–H groups in total. The number of rotatable bonds is 5. The highest BCUT2D eigenvalue weighted by molar-refractivity contribution is 5.76. The van der Waals surface area contributed by atoms with Crippen molar-refractivity contribution in [1.29, 1.82) is 0 Å². The molecule has 0 amide bonds. The van der Waals surface area contributed by atoms with Crippen LogP contribution in [0, 0.1) is 0 Å². The zero-order valence-electron chi connectivity index (χ0n) is 18.7. The van der Waals surface area contributed by atoms with Crippen molar-refractivity contribution in [2.75, 3.05) is 5.32 Å². The van der Waals surface area contributed by atoms with Gasteiger partial charge in [0.25, 0.3) is 0 Å². The maximum atomic E-state index is 5.11. The van der Waals surface area contributed by atoms with Crippen molar-refractivity contribution in [3.05, 3.63) is 96.8 Å². The van der Waals surface area contributed by atoms with Gasteiger partial charge >= 0.3 is 0 Å². The van der Waals surface area contributed by atoms with E-state index in [-0.39, 0.29) is 5.54 Å². The van der Waals surface area contributed by atoms with Gasteiger partial charge in [-0.05, 0) is 44.0 Å². The van der Waals surface area contributed by atoms with E-state index >= 15 is 0 Å². The number of benzene rings is 2. The van der Waals surface area contributed by atoms with Crippen molar-refractivity contribution in [3.8, 4) is 22.6 Å². The monoisotopic (exact) mass is 421 g/mol. The summed E-state index contributed by atoms with van der Waals surface area (Å²) in [6.07, 6.45) is 3.99. The molecule has 3 heterocycles. The van der Waals surface area contributed by atoms with Gasteiger partial charge in [0.15, 0.2) is 0 Å². The van der Waals surface area contributed by atoms with Crippen LogP contribution in [0.15, 0.2) is 91.3 Å². The van der Waals surface area contributed by atoms with Crippen LogP contribution in [0.3, 0.4) is 0 Å². The van der Waals surface area contributed by atoms with Gasteiger partial charge in [-0.15, -0.1) is 0 Å². The Morgan fingerprint density at radius 1 is 0.844 bits per heavy atom. The fourth-order valence-corrected chi connectivity index (χ4v) is 3.95. The van der Waals surface area contributed by atoms with E-state index in [0.717, 1.165) is 40.8 Å². The molecule has 0 aliphatic rings. The molecule has 0 aliphatic carbocycles. The Morgan fingerprint density at radius 3 is 2.19 bits per heavy atom. The van der Waals surface area contributed by atoms with Crippen molar-refractivity contribution >= 4 is 11.6 Å². The SMILES string of the molecule is CC(C)(C)Nc1c(-c2ccccn2)nc2n(Cc3ccccc3)c(-c3ccccc3)cn12. The van der Waals surface area contributed by atoms with E-state index in [4.69, 9.17) is 4.98 Å². The summed E-state index contributed by atoms with van der Waals surface area (Å²) in [4.78, 5) is 9.69. The summed E-state index contributed by atoms with van der Waals surface area (Å²) < 4.78 is 4.45. The summed E-state index contributed by atoms with van der Waals surface area (Å²) in [5.41, 5.74) is 5.10. The fourth-order valence-electron chi connectivity index (χ4n) is 3.95. The van der Waals surface area contributed by atoms with Gasteiger partial charge in [-0.2, -0.15) is 0 Å². The van der Waals surface area contributed by atoms with Crippen molar-refractivity contribution < 1.29 is 0 Å². The van der Waals surface area contributed by atoms with Gasteiger partial charge in [-0.25, -0.2) is 4.98 Å². The topological polar surface area (TPSA) is 47.2 Å². The molecule has 0 saturated heterocycles. The molecule has 2 aromatic carbocycles. The number of pyridine rings is 1. The number of anilines is 1. The molecule has 160 valence electrons. The zero-order chi connectivity index (χ0) is 22.1. The molecule has 5 rings (SSSR count). The Bertz CT molecular complexity index is 1330. The summed E-state index contributed by atoms with van der Waals surface area (Å²) in [7, 11) is 0. The Morgan fingerprint density at radius 2 is 1.53 bits per heavy atom. The average molecular weight is 422 g/mol. The van der Waals surface area contributed by atoms with Crippen LogP contribution in [0.1, 0.15) is 26.3 Å². The molecule has 0 bridgehead atoms. The van der Waals surface area contributed by atoms with Gasteiger partial charge in [0.1, 0.15) is 11.5 Å². The molecule has 3 aromatic heterocycles. The molecule has 32 heavy (non-hydrogen) atoms. The minimum atomic E-state index is -0.131. The lowest BCUT2D eigenvalue weighted by Gasteiger charge is -2.22. The number of fused-ring (bicyclic) bond motifs is 1. The Kier molecular flexibility index (Phi) is 5.02. The predicted octanol–water partition coefficient (Wildman–Crippen LogP) is 6.12. The van der Waals surface area contributed by atoms with Crippen LogP contribution in [0.5, 0.6) is 0 Å². The molecule has 0 atom stereocenters. The maximum absolute atomic E-state index is 5.11. The second-order valence-electron chi connectivity index (χ2n) is 9.02. The van der Waals surface area contributed by atoms with Crippen LogP contribution in [0.2, 0.25) is 0 Å². The molecule has 5 nitrogen and oxygen atoms in total. The first-order valence-corrected chi connectivity index (χ1v) is 10.9. The fraction of sp³-hybridized carbons (Fsp3) is 0.185. The molecule has 0 spiro atoms. The summed E-state index contributed by atoms with van der Waals surface area (Å²) in [6.45, 7) is 7.21. The zero-order valence-corrected chi connectivity index (χ0v) is 18.7. The number of imidazole rings is 2. The Hall–Kier alpha value is -3.86. The molecule has 0 fully saturated rings. The maximum Gasteiger partial charge on any atom is 0.217 e.